The summed E-state index contributed by atoms with van der Waals surface area (Å²) in [6, 6.07) is 13.7. The molecule has 0 saturated carbocycles. The number of carbonyl (C=O) groups excluding carboxylic acids is 2. The normalized spacial score (nSPS) is 14.7. The van der Waals surface area contributed by atoms with Crippen LogP contribution >= 0.6 is 22.7 Å². The number of carbonyl (C=O) groups is 2. The van der Waals surface area contributed by atoms with Gasteiger partial charge in [-0.1, -0.05) is 25.0 Å². The molecule has 3 heterocycles. The van der Waals surface area contributed by atoms with E-state index in [1.54, 1.807) is 6.92 Å². The van der Waals surface area contributed by atoms with E-state index in [1.165, 1.54) is 39.9 Å². The lowest BCUT2D eigenvalue weighted by Gasteiger charge is -2.20. The SMILES string of the molecule is CCOC(=O)c1sc(NC(=O)c2ccc(S(=O)(=O)N3CCCCCC3)cc2)c(-c2nc3ccccc3s2)c1C. The zero-order valence-electron chi connectivity index (χ0n) is 21.7. The second kappa shape index (κ2) is 11.5. The summed E-state index contributed by atoms with van der Waals surface area (Å²) in [6.07, 6.45) is 3.77. The van der Waals surface area contributed by atoms with Gasteiger partial charge in [-0.2, -0.15) is 4.31 Å². The van der Waals surface area contributed by atoms with Gasteiger partial charge in [0, 0.05) is 24.2 Å². The molecule has 1 amide bonds. The fraction of sp³-hybridized carbons (Fsp3) is 0.321. The summed E-state index contributed by atoms with van der Waals surface area (Å²) in [5.74, 6) is -0.862. The molecule has 204 valence electrons. The van der Waals surface area contributed by atoms with Crippen molar-refractivity contribution in [2.45, 2.75) is 44.4 Å². The molecular formula is C28H29N3O5S3. The Hall–Kier alpha value is -3.12. The van der Waals surface area contributed by atoms with E-state index in [0.29, 0.717) is 44.7 Å². The highest BCUT2D eigenvalue weighted by Gasteiger charge is 2.27. The van der Waals surface area contributed by atoms with Gasteiger partial charge in [-0.3, -0.25) is 4.79 Å². The van der Waals surface area contributed by atoms with E-state index >= 15 is 0 Å². The lowest BCUT2D eigenvalue weighted by molar-refractivity contribution is 0.0531. The number of para-hydroxylation sites is 1. The van der Waals surface area contributed by atoms with Gasteiger partial charge in [-0.05, 0) is 68.7 Å². The van der Waals surface area contributed by atoms with Crippen molar-refractivity contribution in [1.29, 1.82) is 0 Å². The molecule has 1 N–H and O–H groups in total. The largest absolute Gasteiger partial charge is 0.462 e. The van der Waals surface area contributed by atoms with Gasteiger partial charge in [0.25, 0.3) is 5.91 Å². The highest BCUT2D eigenvalue weighted by molar-refractivity contribution is 7.89. The lowest BCUT2D eigenvalue weighted by Crippen LogP contribution is -2.31. The van der Waals surface area contributed by atoms with Gasteiger partial charge in [0.1, 0.15) is 14.9 Å². The maximum atomic E-state index is 13.3. The topological polar surface area (TPSA) is 106 Å². The van der Waals surface area contributed by atoms with E-state index in [9.17, 15) is 18.0 Å². The molecule has 1 saturated heterocycles. The first-order chi connectivity index (χ1) is 18.8. The summed E-state index contributed by atoms with van der Waals surface area (Å²) in [5, 5.41) is 4.11. The Morgan fingerprint density at radius 1 is 1.00 bits per heavy atom. The molecule has 5 rings (SSSR count). The Balaban J connectivity index is 1.44. The number of rotatable bonds is 7. The van der Waals surface area contributed by atoms with Crippen molar-refractivity contribution in [3.8, 4) is 10.6 Å². The molecule has 39 heavy (non-hydrogen) atoms. The first kappa shape index (κ1) is 27.4. The molecule has 2 aromatic heterocycles. The van der Waals surface area contributed by atoms with Crippen LogP contribution in [-0.4, -0.2) is 49.3 Å². The van der Waals surface area contributed by atoms with Crippen LogP contribution in [0.5, 0.6) is 0 Å². The van der Waals surface area contributed by atoms with Gasteiger partial charge in [-0.15, -0.1) is 22.7 Å². The first-order valence-electron chi connectivity index (χ1n) is 12.9. The third kappa shape index (κ3) is 5.62. The highest BCUT2D eigenvalue weighted by Crippen LogP contribution is 2.43. The summed E-state index contributed by atoms with van der Waals surface area (Å²) in [4.78, 5) is 31.3. The second-order valence-corrected chi connectivity index (χ2v) is 13.3. The summed E-state index contributed by atoms with van der Waals surface area (Å²) >= 11 is 2.63. The fourth-order valence-corrected chi connectivity index (χ4v) is 8.37. The Bertz CT molecular complexity index is 1580. The number of esters is 1. The predicted octanol–water partition coefficient (Wildman–Crippen LogP) is 6.33. The zero-order chi connectivity index (χ0) is 27.6. The molecule has 0 bridgehead atoms. The van der Waals surface area contributed by atoms with Crippen LogP contribution in [0.25, 0.3) is 20.8 Å². The Morgan fingerprint density at radius 2 is 1.69 bits per heavy atom. The molecule has 1 aliphatic heterocycles. The number of benzene rings is 2. The summed E-state index contributed by atoms with van der Waals surface area (Å²) in [5.41, 5.74) is 2.51. The standard InChI is InChI=1S/C28H29N3O5S3/c1-3-36-28(33)24-18(2)23(26-29-21-10-6-7-11-22(21)37-26)27(38-24)30-25(32)19-12-14-20(15-13-19)39(34,35)31-16-8-4-5-9-17-31/h6-7,10-15H,3-5,8-9,16-17H2,1-2H3,(H,30,32). The van der Waals surface area contributed by atoms with Crippen molar-refractivity contribution >= 4 is 59.8 Å². The van der Waals surface area contributed by atoms with E-state index in [4.69, 9.17) is 9.72 Å². The van der Waals surface area contributed by atoms with Crippen LogP contribution in [-0.2, 0) is 14.8 Å². The zero-order valence-corrected chi connectivity index (χ0v) is 24.2. The van der Waals surface area contributed by atoms with Crippen molar-refractivity contribution in [3.05, 3.63) is 64.5 Å². The minimum Gasteiger partial charge on any atom is -0.462 e. The van der Waals surface area contributed by atoms with Crippen LogP contribution in [0.4, 0.5) is 5.00 Å². The first-order valence-corrected chi connectivity index (χ1v) is 15.9. The van der Waals surface area contributed by atoms with E-state index in [2.05, 4.69) is 5.32 Å². The van der Waals surface area contributed by atoms with Crippen molar-refractivity contribution in [1.82, 2.24) is 9.29 Å². The molecule has 0 unspecified atom stereocenters. The fourth-order valence-electron chi connectivity index (χ4n) is 4.61. The number of nitrogens with zero attached hydrogens (tertiary/aromatic N) is 2. The number of fused-ring (bicyclic) bond motifs is 1. The minimum atomic E-state index is -3.61. The van der Waals surface area contributed by atoms with Crippen molar-refractivity contribution < 1.29 is 22.7 Å². The van der Waals surface area contributed by atoms with Crippen molar-refractivity contribution in [2.75, 3.05) is 25.0 Å². The molecule has 4 aromatic rings. The Labute approximate surface area is 235 Å². The second-order valence-electron chi connectivity index (χ2n) is 9.26. The van der Waals surface area contributed by atoms with Gasteiger partial charge in [-0.25, -0.2) is 18.2 Å². The average molecular weight is 584 g/mol. The Kier molecular flexibility index (Phi) is 8.13. The van der Waals surface area contributed by atoms with Gasteiger partial charge in [0.05, 0.1) is 21.7 Å². The third-order valence-electron chi connectivity index (χ3n) is 6.66. The van der Waals surface area contributed by atoms with Crippen molar-refractivity contribution in [2.24, 2.45) is 0 Å². The number of anilines is 1. The molecule has 1 aliphatic rings. The molecule has 8 nitrogen and oxygen atoms in total. The van der Waals surface area contributed by atoms with E-state index in [1.807, 2.05) is 31.2 Å². The van der Waals surface area contributed by atoms with E-state index < -0.39 is 21.9 Å². The number of hydrogen-bond acceptors (Lipinski definition) is 8. The summed E-state index contributed by atoms with van der Waals surface area (Å²) in [6.45, 7) is 4.83. The average Bonchev–Trinajstić information content (AvgIpc) is 3.36. The van der Waals surface area contributed by atoms with Crippen LogP contribution in [0.3, 0.4) is 0 Å². The van der Waals surface area contributed by atoms with Gasteiger partial charge >= 0.3 is 5.97 Å². The smallest absolute Gasteiger partial charge is 0.348 e. The van der Waals surface area contributed by atoms with E-state index in [0.717, 1.165) is 47.2 Å². The molecule has 1 fully saturated rings. The number of nitrogens with one attached hydrogen (secondary N) is 1. The molecule has 2 aromatic carbocycles. The maximum Gasteiger partial charge on any atom is 0.348 e. The van der Waals surface area contributed by atoms with Gasteiger partial charge in [0.2, 0.25) is 10.0 Å². The van der Waals surface area contributed by atoms with Crippen LogP contribution in [0.2, 0.25) is 0 Å². The number of thiophene rings is 1. The van der Waals surface area contributed by atoms with E-state index in [-0.39, 0.29) is 11.5 Å². The quantitative estimate of drug-likeness (QED) is 0.255. The molecule has 0 spiro atoms. The monoisotopic (exact) mass is 583 g/mol. The van der Waals surface area contributed by atoms with Crippen molar-refractivity contribution in [3.63, 3.8) is 0 Å². The highest BCUT2D eigenvalue weighted by atomic mass is 32.2. The number of amides is 1. The lowest BCUT2D eigenvalue weighted by atomic mass is 10.1. The predicted molar refractivity (Wildman–Crippen MR) is 155 cm³/mol. The Morgan fingerprint density at radius 3 is 2.36 bits per heavy atom. The molecule has 0 aliphatic carbocycles. The number of sulfonamides is 1. The van der Waals surface area contributed by atoms with Gasteiger partial charge < -0.3 is 10.1 Å². The molecule has 11 heteroatoms. The molecular weight excluding hydrogens is 555 g/mol. The van der Waals surface area contributed by atoms with Crippen LogP contribution < -0.4 is 5.32 Å². The minimum absolute atomic E-state index is 0.174. The van der Waals surface area contributed by atoms with Crippen LogP contribution in [0.15, 0.2) is 53.4 Å². The van der Waals surface area contributed by atoms with Crippen LogP contribution in [0, 0.1) is 6.92 Å². The molecule has 0 atom stereocenters. The maximum absolute atomic E-state index is 13.3. The number of thiazole rings is 1. The summed E-state index contributed by atoms with van der Waals surface area (Å²) < 4.78 is 34.0. The number of hydrogen-bond donors (Lipinski definition) is 1. The third-order valence-corrected chi connectivity index (χ3v) is 10.8. The number of ether oxygens (including phenoxy) is 1. The molecule has 0 radical (unpaired) electrons. The van der Waals surface area contributed by atoms with Gasteiger partial charge in [0.15, 0.2) is 0 Å². The van der Waals surface area contributed by atoms with Crippen LogP contribution in [0.1, 0.15) is 58.2 Å². The summed E-state index contributed by atoms with van der Waals surface area (Å²) in [7, 11) is -3.61. The number of aromatic nitrogens is 1.